The standard InChI is InChI=1S/C21H19N3O4/c1-13-22-19(28-23-13)14-8-10-15(11-9-14)20(25)24-12-4-6-16-17(21(26)27-2)5-3-7-18(16)24/h3,5,7-11H,4,6,12H2,1-2H3. The average Bonchev–Trinajstić information content (AvgIpc) is 3.18. The van der Waals surface area contributed by atoms with Crippen molar-refractivity contribution < 1.29 is 18.8 Å². The molecule has 3 aromatic rings. The lowest BCUT2D eigenvalue weighted by atomic mass is 9.95. The largest absolute Gasteiger partial charge is 0.465 e. The van der Waals surface area contributed by atoms with E-state index >= 15 is 0 Å². The number of anilines is 1. The predicted octanol–water partition coefficient (Wildman–Crippen LogP) is 3.42. The Morgan fingerprint density at radius 2 is 1.93 bits per heavy atom. The molecule has 0 saturated carbocycles. The van der Waals surface area contributed by atoms with Gasteiger partial charge in [-0.1, -0.05) is 11.2 Å². The zero-order valence-electron chi connectivity index (χ0n) is 15.6. The van der Waals surface area contributed by atoms with Crippen LogP contribution in [0.15, 0.2) is 47.0 Å². The highest BCUT2D eigenvalue weighted by Gasteiger charge is 2.27. The van der Waals surface area contributed by atoms with Gasteiger partial charge in [0.15, 0.2) is 5.82 Å². The highest BCUT2D eigenvalue weighted by molar-refractivity contribution is 6.08. The molecule has 2 aromatic carbocycles. The van der Waals surface area contributed by atoms with E-state index in [4.69, 9.17) is 9.26 Å². The monoisotopic (exact) mass is 377 g/mol. The Labute approximate surface area is 161 Å². The summed E-state index contributed by atoms with van der Waals surface area (Å²) >= 11 is 0. The molecular formula is C21H19N3O4. The summed E-state index contributed by atoms with van der Waals surface area (Å²) in [6, 6.07) is 12.4. The molecule has 7 nitrogen and oxygen atoms in total. The third kappa shape index (κ3) is 3.15. The van der Waals surface area contributed by atoms with Crippen LogP contribution in [0, 0.1) is 6.92 Å². The quantitative estimate of drug-likeness (QED) is 0.650. The van der Waals surface area contributed by atoms with Crippen molar-refractivity contribution in [3.63, 3.8) is 0 Å². The van der Waals surface area contributed by atoms with E-state index in [0.29, 0.717) is 29.4 Å². The SMILES string of the molecule is COC(=O)c1cccc2c1CCCN2C(=O)c1ccc(-c2nc(C)no2)cc1. The van der Waals surface area contributed by atoms with Crippen molar-refractivity contribution in [2.75, 3.05) is 18.6 Å². The zero-order chi connectivity index (χ0) is 19.7. The van der Waals surface area contributed by atoms with Gasteiger partial charge in [0, 0.05) is 23.4 Å². The van der Waals surface area contributed by atoms with Gasteiger partial charge in [0.25, 0.3) is 11.8 Å². The second-order valence-electron chi connectivity index (χ2n) is 6.58. The number of carbonyl (C=O) groups is 2. The fraction of sp³-hybridized carbons (Fsp3) is 0.238. The van der Waals surface area contributed by atoms with E-state index in [-0.39, 0.29) is 11.9 Å². The fourth-order valence-corrected chi connectivity index (χ4v) is 3.46. The van der Waals surface area contributed by atoms with Crippen LogP contribution in [-0.4, -0.2) is 35.7 Å². The Kier molecular flexibility index (Phi) is 4.65. The summed E-state index contributed by atoms with van der Waals surface area (Å²) < 4.78 is 10.0. The van der Waals surface area contributed by atoms with Crippen molar-refractivity contribution in [2.24, 2.45) is 0 Å². The zero-order valence-corrected chi connectivity index (χ0v) is 15.6. The number of fused-ring (bicyclic) bond motifs is 1. The van der Waals surface area contributed by atoms with E-state index < -0.39 is 0 Å². The van der Waals surface area contributed by atoms with Crippen LogP contribution < -0.4 is 4.90 Å². The number of amides is 1. The Morgan fingerprint density at radius 1 is 1.14 bits per heavy atom. The molecule has 0 radical (unpaired) electrons. The van der Waals surface area contributed by atoms with E-state index in [2.05, 4.69) is 10.1 Å². The van der Waals surface area contributed by atoms with Crippen molar-refractivity contribution in [3.8, 4) is 11.5 Å². The third-order valence-corrected chi connectivity index (χ3v) is 4.81. The van der Waals surface area contributed by atoms with Crippen molar-refractivity contribution in [2.45, 2.75) is 19.8 Å². The number of esters is 1. The maximum atomic E-state index is 13.1. The van der Waals surface area contributed by atoms with Gasteiger partial charge in [-0.25, -0.2) is 4.79 Å². The summed E-state index contributed by atoms with van der Waals surface area (Å²) in [5.41, 5.74) is 3.43. The topological polar surface area (TPSA) is 85.5 Å². The molecule has 4 rings (SSSR count). The normalized spacial score (nSPS) is 13.1. The van der Waals surface area contributed by atoms with Crippen LogP contribution in [0.5, 0.6) is 0 Å². The lowest BCUT2D eigenvalue weighted by molar-refractivity contribution is 0.0599. The van der Waals surface area contributed by atoms with Crippen LogP contribution in [0.2, 0.25) is 0 Å². The number of ether oxygens (including phenoxy) is 1. The number of benzene rings is 2. The van der Waals surface area contributed by atoms with Crippen molar-refractivity contribution in [1.29, 1.82) is 0 Å². The molecule has 0 spiro atoms. The van der Waals surface area contributed by atoms with Crippen LogP contribution >= 0.6 is 0 Å². The first-order valence-corrected chi connectivity index (χ1v) is 9.01. The maximum absolute atomic E-state index is 13.1. The molecule has 1 aliphatic rings. The van der Waals surface area contributed by atoms with E-state index in [1.165, 1.54) is 7.11 Å². The molecule has 0 atom stereocenters. The number of hydrogen-bond donors (Lipinski definition) is 0. The first kappa shape index (κ1) is 17.9. The number of nitrogens with zero attached hydrogens (tertiary/aromatic N) is 3. The van der Waals surface area contributed by atoms with Crippen molar-refractivity contribution in [1.82, 2.24) is 10.1 Å². The molecule has 0 aliphatic carbocycles. The number of aromatic nitrogens is 2. The van der Waals surface area contributed by atoms with Gasteiger partial charge in [0.1, 0.15) is 0 Å². The molecule has 142 valence electrons. The minimum atomic E-state index is -0.384. The van der Waals surface area contributed by atoms with Gasteiger partial charge in [-0.05, 0) is 61.7 Å². The molecule has 0 saturated heterocycles. The summed E-state index contributed by atoms with van der Waals surface area (Å²) in [4.78, 5) is 31.1. The predicted molar refractivity (Wildman–Crippen MR) is 102 cm³/mol. The minimum absolute atomic E-state index is 0.115. The molecule has 2 heterocycles. The Balaban J connectivity index is 1.64. The smallest absolute Gasteiger partial charge is 0.338 e. The fourth-order valence-electron chi connectivity index (χ4n) is 3.46. The van der Waals surface area contributed by atoms with Crippen molar-refractivity contribution in [3.05, 3.63) is 65.0 Å². The molecular weight excluding hydrogens is 358 g/mol. The molecule has 0 fully saturated rings. The van der Waals surface area contributed by atoms with Gasteiger partial charge in [-0.15, -0.1) is 0 Å². The lowest BCUT2D eigenvalue weighted by Crippen LogP contribution is -2.36. The molecule has 1 amide bonds. The van der Waals surface area contributed by atoms with Crippen LogP contribution in [-0.2, 0) is 11.2 Å². The number of carbonyl (C=O) groups excluding carboxylic acids is 2. The molecule has 0 bridgehead atoms. The van der Waals surface area contributed by atoms with Gasteiger partial charge >= 0.3 is 5.97 Å². The Bertz CT molecular complexity index is 1040. The van der Waals surface area contributed by atoms with Crippen LogP contribution in [0.4, 0.5) is 5.69 Å². The Hall–Kier alpha value is -3.48. The van der Waals surface area contributed by atoms with Gasteiger partial charge in [-0.2, -0.15) is 4.98 Å². The molecule has 28 heavy (non-hydrogen) atoms. The minimum Gasteiger partial charge on any atom is -0.465 e. The summed E-state index contributed by atoms with van der Waals surface area (Å²) in [6.45, 7) is 2.35. The molecule has 1 aliphatic heterocycles. The summed E-state index contributed by atoms with van der Waals surface area (Å²) in [6.07, 6.45) is 1.52. The summed E-state index contributed by atoms with van der Waals surface area (Å²) in [5, 5.41) is 3.78. The maximum Gasteiger partial charge on any atom is 0.338 e. The number of rotatable bonds is 3. The van der Waals surface area contributed by atoms with E-state index in [1.54, 1.807) is 48.2 Å². The van der Waals surface area contributed by atoms with E-state index in [9.17, 15) is 9.59 Å². The van der Waals surface area contributed by atoms with Crippen molar-refractivity contribution >= 4 is 17.6 Å². The third-order valence-electron chi connectivity index (χ3n) is 4.81. The van der Waals surface area contributed by atoms with Gasteiger partial charge in [-0.3, -0.25) is 4.79 Å². The second-order valence-corrected chi connectivity index (χ2v) is 6.58. The average molecular weight is 377 g/mol. The van der Waals surface area contributed by atoms with Gasteiger partial charge < -0.3 is 14.2 Å². The van der Waals surface area contributed by atoms with Gasteiger partial charge in [0.2, 0.25) is 0 Å². The van der Waals surface area contributed by atoms with E-state index in [0.717, 1.165) is 29.7 Å². The Morgan fingerprint density at radius 3 is 2.61 bits per heavy atom. The number of aryl methyl sites for hydroxylation is 1. The van der Waals surface area contributed by atoms with Crippen LogP contribution in [0.25, 0.3) is 11.5 Å². The highest BCUT2D eigenvalue weighted by atomic mass is 16.5. The molecule has 0 unspecified atom stereocenters. The second kappa shape index (κ2) is 7.26. The lowest BCUT2D eigenvalue weighted by Gasteiger charge is -2.30. The number of methoxy groups -OCH3 is 1. The first-order valence-electron chi connectivity index (χ1n) is 9.01. The molecule has 1 aromatic heterocycles. The number of hydrogen-bond acceptors (Lipinski definition) is 6. The van der Waals surface area contributed by atoms with E-state index in [1.807, 2.05) is 6.07 Å². The van der Waals surface area contributed by atoms with Gasteiger partial charge in [0.05, 0.1) is 12.7 Å². The summed E-state index contributed by atoms with van der Waals surface area (Å²) in [7, 11) is 1.36. The first-order chi connectivity index (χ1) is 13.6. The highest BCUT2D eigenvalue weighted by Crippen LogP contribution is 2.31. The molecule has 0 N–H and O–H groups in total. The van der Waals surface area contributed by atoms with Crippen LogP contribution in [0.1, 0.15) is 38.5 Å². The molecule has 7 heteroatoms. The van der Waals surface area contributed by atoms with Crippen LogP contribution in [0.3, 0.4) is 0 Å². The summed E-state index contributed by atoms with van der Waals surface area (Å²) in [5.74, 6) is 0.477.